The minimum atomic E-state index is -0.113. The maximum atomic E-state index is 12.5. The van der Waals surface area contributed by atoms with E-state index in [0.29, 0.717) is 37.2 Å². The van der Waals surface area contributed by atoms with Gasteiger partial charge in [-0.15, -0.1) is 0 Å². The number of aromatic amines is 1. The van der Waals surface area contributed by atoms with E-state index in [1.54, 1.807) is 33.7 Å². The van der Waals surface area contributed by atoms with Gasteiger partial charge in [0.05, 0.1) is 16.6 Å². The van der Waals surface area contributed by atoms with E-state index in [9.17, 15) is 9.59 Å². The zero-order valence-corrected chi connectivity index (χ0v) is 15.3. The summed E-state index contributed by atoms with van der Waals surface area (Å²) < 4.78 is 7.35. The zero-order chi connectivity index (χ0) is 19.5. The summed E-state index contributed by atoms with van der Waals surface area (Å²) >= 11 is 0. The number of piperidine rings is 1. The Kier molecular flexibility index (Phi) is 4.85. The topological polar surface area (TPSA) is 91.1 Å². The van der Waals surface area contributed by atoms with Crippen LogP contribution in [-0.2, 0) is 4.79 Å². The molecule has 7 nitrogen and oxygen atoms in total. The molecule has 2 heterocycles. The molecule has 7 heteroatoms. The van der Waals surface area contributed by atoms with Crippen LogP contribution in [0.1, 0.15) is 24.4 Å². The Balaban J connectivity index is 1.39. The summed E-state index contributed by atoms with van der Waals surface area (Å²) in [7, 11) is 0. The highest BCUT2D eigenvalue weighted by atomic mass is 16.5. The quantitative estimate of drug-likeness (QED) is 0.757. The van der Waals surface area contributed by atoms with E-state index in [0.717, 1.165) is 11.0 Å². The molecule has 0 atom stereocenters. The average Bonchev–Trinajstić information content (AvgIpc) is 3.08. The molecule has 1 aliphatic rings. The molecule has 0 radical (unpaired) electrons. The number of para-hydroxylation sites is 3. The standard InChI is InChI=1S/C21H20N4O3/c22-13-15-5-1-4-8-19(15)28-14-20(26)24-11-9-16(10-12-24)25-18-7-3-2-6-17(18)23-21(25)27/h1-8,16H,9-12,14H2,(H,23,27). The van der Waals surface area contributed by atoms with Crippen molar-refractivity contribution in [2.24, 2.45) is 0 Å². The van der Waals surface area contributed by atoms with Crippen molar-refractivity contribution in [2.45, 2.75) is 18.9 Å². The van der Waals surface area contributed by atoms with Crippen LogP contribution >= 0.6 is 0 Å². The van der Waals surface area contributed by atoms with Crippen molar-refractivity contribution in [1.29, 1.82) is 5.26 Å². The SMILES string of the molecule is N#Cc1ccccc1OCC(=O)N1CCC(n2c(=O)[nH]c3ccccc32)CC1. The van der Waals surface area contributed by atoms with Gasteiger partial charge < -0.3 is 14.6 Å². The first-order valence-corrected chi connectivity index (χ1v) is 9.26. The van der Waals surface area contributed by atoms with E-state index in [1.165, 1.54) is 0 Å². The first kappa shape index (κ1) is 17.9. The Morgan fingerprint density at radius 2 is 1.86 bits per heavy atom. The van der Waals surface area contributed by atoms with Gasteiger partial charge >= 0.3 is 5.69 Å². The number of hydrogen-bond donors (Lipinski definition) is 1. The van der Waals surface area contributed by atoms with Crippen molar-refractivity contribution < 1.29 is 9.53 Å². The van der Waals surface area contributed by atoms with E-state index in [1.807, 2.05) is 24.3 Å². The normalized spacial score (nSPS) is 14.8. The molecule has 0 unspecified atom stereocenters. The van der Waals surface area contributed by atoms with Gasteiger partial charge in [-0.1, -0.05) is 24.3 Å². The van der Waals surface area contributed by atoms with E-state index in [4.69, 9.17) is 10.00 Å². The van der Waals surface area contributed by atoms with Gasteiger partial charge in [-0.2, -0.15) is 5.26 Å². The number of rotatable bonds is 4. The highest BCUT2D eigenvalue weighted by molar-refractivity contribution is 5.78. The molecule has 3 aromatic rings. The fourth-order valence-corrected chi connectivity index (χ4v) is 3.73. The second-order valence-corrected chi connectivity index (χ2v) is 6.83. The fourth-order valence-electron chi connectivity index (χ4n) is 3.73. The van der Waals surface area contributed by atoms with Crippen LogP contribution in [0.5, 0.6) is 5.75 Å². The largest absolute Gasteiger partial charge is 0.482 e. The Hall–Kier alpha value is -3.53. The van der Waals surface area contributed by atoms with Crippen LogP contribution < -0.4 is 10.4 Å². The van der Waals surface area contributed by atoms with Crippen LogP contribution in [0.2, 0.25) is 0 Å². The Labute approximate surface area is 161 Å². The van der Waals surface area contributed by atoms with Crippen molar-refractivity contribution in [2.75, 3.05) is 19.7 Å². The summed E-state index contributed by atoms with van der Waals surface area (Å²) in [6, 6.07) is 16.6. The van der Waals surface area contributed by atoms with Crippen LogP contribution in [0, 0.1) is 11.3 Å². The number of hydrogen-bond acceptors (Lipinski definition) is 4. The summed E-state index contributed by atoms with van der Waals surface area (Å²) in [6.07, 6.45) is 1.42. The Bertz CT molecular complexity index is 1100. The zero-order valence-electron chi connectivity index (χ0n) is 15.3. The first-order valence-electron chi connectivity index (χ1n) is 9.26. The molecule has 4 rings (SSSR count). The van der Waals surface area contributed by atoms with Gasteiger partial charge in [0, 0.05) is 19.1 Å². The third kappa shape index (κ3) is 3.37. The number of imidazole rings is 1. The monoisotopic (exact) mass is 376 g/mol. The van der Waals surface area contributed by atoms with Gasteiger partial charge in [0.25, 0.3) is 5.91 Å². The maximum absolute atomic E-state index is 12.5. The molecule has 1 saturated heterocycles. The number of H-pyrrole nitrogens is 1. The highest BCUT2D eigenvalue weighted by Crippen LogP contribution is 2.25. The summed E-state index contributed by atoms with van der Waals surface area (Å²) in [6.45, 7) is 1.04. The number of nitriles is 1. The molecule has 28 heavy (non-hydrogen) atoms. The maximum Gasteiger partial charge on any atom is 0.326 e. The number of carbonyl (C=O) groups excluding carboxylic acids is 1. The van der Waals surface area contributed by atoms with Crippen LogP contribution in [0.4, 0.5) is 0 Å². The third-order valence-corrected chi connectivity index (χ3v) is 5.16. The first-order chi connectivity index (χ1) is 13.7. The molecule has 0 spiro atoms. The molecule has 0 bridgehead atoms. The van der Waals surface area contributed by atoms with Gasteiger partial charge in [-0.25, -0.2) is 4.79 Å². The second-order valence-electron chi connectivity index (χ2n) is 6.83. The molecule has 2 aromatic carbocycles. The lowest BCUT2D eigenvalue weighted by molar-refractivity contribution is -0.134. The predicted molar refractivity (Wildman–Crippen MR) is 104 cm³/mol. The molecule has 142 valence electrons. The number of carbonyl (C=O) groups is 1. The minimum Gasteiger partial charge on any atom is -0.482 e. The van der Waals surface area contributed by atoms with Crippen LogP contribution in [0.25, 0.3) is 11.0 Å². The summed E-state index contributed by atoms with van der Waals surface area (Å²) in [5.74, 6) is 0.302. The number of fused-ring (bicyclic) bond motifs is 1. The van der Waals surface area contributed by atoms with Crippen molar-refractivity contribution in [3.63, 3.8) is 0 Å². The number of ether oxygens (including phenoxy) is 1. The number of likely N-dealkylation sites (tertiary alicyclic amines) is 1. The van der Waals surface area contributed by atoms with Gasteiger partial charge in [-0.3, -0.25) is 9.36 Å². The van der Waals surface area contributed by atoms with Crippen LogP contribution in [0.15, 0.2) is 53.3 Å². The fraction of sp³-hybridized carbons (Fsp3) is 0.286. The van der Waals surface area contributed by atoms with E-state index in [-0.39, 0.29) is 24.2 Å². The van der Waals surface area contributed by atoms with Crippen LogP contribution in [-0.4, -0.2) is 40.1 Å². The van der Waals surface area contributed by atoms with Crippen molar-refractivity contribution in [3.05, 3.63) is 64.6 Å². The molecule has 1 N–H and O–H groups in total. The van der Waals surface area contributed by atoms with E-state index < -0.39 is 0 Å². The van der Waals surface area contributed by atoms with Crippen LogP contribution in [0.3, 0.4) is 0 Å². The van der Waals surface area contributed by atoms with E-state index >= 15 is 0 Å². The molecule has 1 aromatic heterocycles. The lowest BCUT2D eigenvalue weighted by Gasteiger charge is -2.32. The Morgan fingerprint density at radius 1 is 1.14 bits per heavy atom. The van der Waals surface area contributed by atoms with Crippen molar-refractivity contribution >= 4 is 16.9 Å². The molecule has 1 amide bonds. The van der Waals surface area contributed by atoms with Gasteiger partial charge in [0.1, 0.15) is 11.8 Å². The Morgan fingerprint density at radius 3 is 2.64 bits per heavy atom. The molecular formula is C21H20N4O3. The smallest absolute Gasteiger partial charge is 0.326 e. The van der Waals surface area contributed by atoms with E-state index in [2.05, 4.69) is 11.1 Å². The predicted octanol–water partition coefficient (Wildman–Crippen LogP) is 2.44. The minimum absolute atomic E-state index is 0.0629. The molecule has 1 fully saturated rings. The number of nitrogens with zero attached hydrogens (tertiary/aromatic N) is 3. The second kappa shape index (κ2) is 7.61. The molecule has 0 saturated carbocycles. The number of nitrogens with one attached hydrogen (secondary N) is 1. The number of amides is 1. The summed E-state index contributed by atoms with van der Waals surface area (Å²) in [5, 5.41) is 9.09. The van der Waals surface area contributed by atoms with Gasteiger partial charge in [0.2, 0.25) is 0 Å². The lowest BCUT2D eigenvalue weighted by Crippen LogP contribution is -2.42. The molecule has 1 aliphatic heterocycles. The lowest BCUT2D eigenvalue weighted by atomic mass is 10.0. The summed E-state index contributed by atoms with van der Waals surface area (Å²) in [5.41, 5.74) is 2.03. The highest BCUT2D eigenvalue weighted by Gasteiger charge is 2.26. The number of aromatic nitrogens is 2. The third-order valence-electron chi connectivity index (χ3n) is 5.16. The van der Waals surface area contributed by atoms with Gasteiger partial charge in [0.15, 0.2) is 6.61 Å². The van der Waals surface area contributed by atoms with Gasteiger partial charge in [-0.05, 0) is 37.1 Å². The van der Waals surface area contributed by atoms with Crippen molar-refractivity contribution in [1.82, 2.24) is 14.5 Å². The van der Waals surface area contributed by atoms with Crippen molar-refractivity contribution in [3.8, 4) is 11.8 Å². The average molecular weight is 376 g/mol. The number of benzene rings is 2. The summed E-state index contributed by atoms with van der Waals surface area (Å²) in [4.78, 5) is 29.5. The molecular weight excluding hydrogens is 356 g/mol. The molecule has 0 aliphatic carbocycles.